The molecular formula is C14H19Cl2FN4O. The lowest BCUT2D eigenvalue weighted by Crippen LogP contribution is -2.44. The van der Waals surface area contributed by atoms with Crippen LogP contribution in [0.5, 0.6) is 0 Å². The summed E-state index contributed by atoms with van der Waals surface area (Å²) in [7, 11) is 1.93. The number of hydrogen-bond donors (Lipinski definition) is 2. The Kier molecular flexibility index (Phi) is 6.59. The number of piperidine rings is 1. The van der Waals surface area contributed by atoms with Crippen LogP contribution in [0, 0.1) is 5.82 Å². The van der Waals surface area contributed by atoms with E-state index >= 15 is 0 Å². The molecule has 122 valence electrons. The van der Waals surface area contributed by atoms with Crippen molar-refractivity contribution < 1.29 is 9.18 Å². The largest absolute Gasteiger partial charge is 0.344 e. The van der Waals surface area contributed by atoms with Crippen LogP contribution in [-0.2, 0) is 0 Å². The van der Waals surface area contributed by atoms with Crippen LogP contribution < -0.4 is 5.32 Å². The summed E-state index contributed by atoms with van der Waals surface area (Å²) in [6, 6.07) is 3.08. The van der Waals surface area contributed by atoms with Gasteiger partial charge in [0.1, 0.15) is 11.3 Å². The van der Waals surface area contributed by atoms with Gasteiger partial charge in [0, 0.05) is 19.1 Å². The van der Waals surface area contributed by atoms with Crippen LogP contribution in [0.3, 0.4) is 0 Å². The third kappa shape index (κ3) is 3.51. The lowest BCUT2D eigenvalue weighted by Gasteiger charge is -2.31. The van der Waals surface area contributed by atoms with Crippen LogP contribution in [-0.4, -0.2) is 47.0 Å². The second kappa shape index (κ2) is 7.76. The van der Waals surface area contributed by atoms with Gasteiger partial charge in [-0.15, -0.1) is 24.8 Å². The van der Waals surface area contributed by atoms with Crippen LogP contribution in [0.25, 0.3) is 11.0 Å². The fourth-order valence-corrected chi connectivity index (χ4v) is 2.72. The summed E-state index contributed by atoms with van der Waals surface area (Å²) in [5.41, 5.74) is 1.43. The third-order valence-corrected chi connectivity index (χ3v) is 3.91. The number of carbonyl (C=O) groups excluding carboxylic acids is 1. The highest BCUT2D eigenvalue weighted by Crippen LogP contribution is 2.21. The first kappa shape index (κ1) is 18.7. The molecule has 0 spiro atoms. The van der Waals surface area contributed by atoms with Crippen LogP contribution in [0.2, 0.25) is 0 Å². The summed E-state index contributed by atoms with van der Waals surface area (Å²) in [4.78, 5) is 21.3. The molecule has 22 heavy (non-hydrogen) atoms. The molecule has 8 heteroatoms. The van der Waals surface area contributed by atoms with E-state index in [4.69, 9.17) is 0 Å². The molecule has 3 rings (SSSR count). The van der Waals surface area contributed by atoms with Gasteiger partial charge in [0.2, 0.25) is 0 Å². The van der Waals surface area contributed by atoms with Crippen molar-refractivity contribution in [3.8, 4) is 0 Å². The number of rotatable bonds is 2. The molecule has 1 aromatic carbocycles. The van der Waals surface area contributed by atoms with Gasteiger partial charge in [-0.3, -0.25) is 4.79 Å². The first-order valence-electron chi connectivity index (χ1n) is 6.78. The number of carbonyl (C=O) groups is 1. The summed E-state index contributed by atoms with van der Waals surface area (Å²) in [5.74, 6) is -0.564. The van der Waals surface area contributed by atoms with Crippen LogP contribution in [0.4, 0.5) is 4.39 Å². The number of nitrogens with one attached hydrogen (secondary N) is 2. The van der Waals surface area contributed by atoms with E-state index in [0.717, 1.165) is 12.8 Å². The molecular weight excluding hydrogens is 330 g/mol. The van der Waals surface area contributed by atoms with Crippen molar-refractivity contribution in [2.75, 3.05) is 20.1 Å². The van der Waals surface area contributed by atoms with Crippen LogP contribution in [0.15, 0.2) is 18.5 Å². The standard InChI is InChI=1S/C14H17FN4O.2ClH/c1-16-10-2-4-19(5-3-10)14(20)11-6-9(15)7-12-13(11)18-8-17-12;;/h6-8,10,16H,2-5H2,1H3,(H,17,18);2*1H. The van der Waals surface area contributed by atoms with Crippen LogP contribution in [0.1, 0.15) is 23.2 Å². The second-order valence-corrected chi connectivity index (χ2v) is 5.11. The van der Waals surface area contributed by atoms with E-state index in [1.54, 1.807) is 4.90 Å². The Hall–Kier alpha value is -1.37. The maximum Gasteiger partial charge on any atom is 0.256 e. The first-order chi connectivity index (χ1) is 9.69. The monoisotopic (exact) mass is 348 g/mol. The molecule has 1 aromatic heterocycles. The number of aromatic nitrogens is 2. The molecule has 0 unspecified atom stereocenters. The van der Waals surface area contributed by atoms with Gasteiger partial charge < -0.3 is 15.2 Å². The van der Waals surface area contributed by atoms with E-state index in [-0.39, 0.29) is 30.7 Å². The second-order valence-electron chi connectivity index (χ2n) is 5.11. The molecule has 1 saturated heterocycles. The molecule has 0 aliphatic carbocycles. The Balaban J connectivity index is 0.00000121. The third-order valence-electron chi connectivity index (χ3n) is 3.91. The summed E-state index contributed by atoms with van der Waals surface area (Å²) < 4.78 is 13.6. The number of H-pyrrole nitrogens is 1. The Morgan fingerprint density at radius 3 is 2.68 bits per heavy atom. The smallest absolute Gasteiger partial charge is 0.256 e. The highest BCUT2D eigenvalue weighted by molar-refractivity contribution is 6.04. The fourth-order valence-electron chi connectivity index (χ4n) is 2.72. The summed E-state index contributed by atoms with van der Waals surface area (Å²) >= 11 is 0. The average Bonchev–Trinajstić information content (AvgIpc) is 2.94. The molecule has 0 bridgehead atoms. The zero-order chi connectivity index (χ0) is 14.1. The number of halogens is 3. The van der Waals surface area contributed by atoms with Gasteiger partial charge >= 0.3 is 0 Å². The number of aromatic amines is 1. The number of amides is 1. The predicted octanol–water partition coefficient (Wildman–Crippen LogP) is 2.37. The molecule has 1 amide bonds. The van der Waals surface area contributed by atoms with Crippen molar-refractivity contribution in [1.29, 1.82) is 0 Å². The average molecular weight is 349 g/mol. The Morgan fingerprint density at radius 1 is 1.36 bits per heavy atom. The minimum Gasteiger partial charge on any atom is -0.344 e. The zero-order valence-electron chi connectivity index (χ0n) is 12.1. The molecule has 2 N–H and O–H groups in total. The molecule has 1 aliphatic rings. The molecule has 1 aliphatic heterocycles. The number of fused-ring (bicyclic) bond motifs is 1. The first-order valence-corrected chi connectivity index (χ1v) is 6.78. The SMILES string of the molecule is CNC1CCN(C(=O)c2cc(F)cc3[nH]cnc23)CC1.Cl.Cl. The topological polar surface area (TPSA) is 61.0 Å². The van der Waals surface area contributed by atoms with Crippen molar-refractivity contribution >= 4 is 41.8 Å². The Bertz CT molecular complexity index is 641. The molecule has 0 atom stereocenters. The number of hydrogen-bond acceptors (Lipinski definition) is 3. The van der Waals surface area contributed by atoms with Gasteiger partial charge in [-0.25, -0.2) is 9.37 Å². The maximum absolute atomic E-state index is 13.6. The minimum absolute atomic E-state index is 0. The van der Waals surface area contributed by atoms with E-state index in [9.17, 15) is 9.18 Å². The normalized spacial score (nSPS) is 15.3. The summed E-state index contributed by atoms with van der Waals surface area (Å²) in [5, 5.41) is 3.22. The highest BCUT2D eigenvalue weighted by atomic mass is 35.5. The lowest BCUT2D eigenvalue weighted by molar-refractivity contribution is 0.0708. The minimum atomic E-state index is -0.421. The number of likely N-dealkylation sites (tertiary alicyclic amines) is 1. The highest BCUT2D eigenvalue weighted by Gasteiger charge is 2.25. The van der Waals surface area contributed by atoms with Crippen molar-refractivity contribution in [3.63, 3.8) is 0 Å². The van der Waals surface area contributed by atoms with Crippen molar-refractivity contribution in [2.45, 2.75) is 18.9 Å². The lowest BCUT2D eigenvalue weighted by atomic mass is 10.0. The van der Waals surface area contributed by atoms with Crippen molar-refractivity contribution in [2.24, 2.45) is 0 Å². The molecule has 0 radical (unpaired) electrons. The summed E-state index contributed by atoms with van der Waals surface area (Å²) in [6.45, 7) is 1.37. The van der Waals surface area contributed by atoms with Crippen LogP contribution >= 0.6 is 24.8 Å². The van der Waals surface area contributed by atoms with E-state index < -0.39 is 5.82 Å². The number of benzene rings is 1. The molecule has 1 fully saturated rings. The van der Waals surface area contributed by atoms with Gasteiger partial charge in [0.05, 0.1) is 17.4 Å². The molecule has 2 heterocycles. The van der Waals surface area contributed by atoms with E-state index in [2.05, 4.69) is 15.3 Å². The van der Waals surface area contributed by atoms with E-state index in [0.29, 0.717) is 35.7 Å². The van der Waals surface area contributed by atoms with Gasteiger partial charge in [0.25, 0.3) is 5.91 Å². The van der Waals surface area contributed by atoms with E-state index in [1.165, 1.54) is 18.5 Å². The van der Waals surface area contributed by atoms with Gasteiger partial charge in [-0.1, -0.05) is 0 Å². The van der Waals surface area contributed by atoms with Gasteiger partial charge in [0.15, 0.2) is 0 Å². The summed E-state index contributed by atoms with van der Waals surface area (Å²) in [6.07, 6.45) is 3.32. The van der Waals surface area contributed by atoms with Crippen molar-refractivity contribution in [1.82, 2.24) is 20.2 Å². The maximum atomic E-state index is 13.6. The fraction of sp³-hybridized carbons (Fsp3) is 0.429. The van der Waals surface area contributed by atoms with Gasteiger partial charge in [-0.05, 0) is 32.0 Å². The zero-order valence-corrected chi connectivity index (χ0v) is 13.8. The van der Waals surface area contributed by atoms with Crippen molar-refractivity contribution in [3.05, 3.63) is 29.8 Å². The molecule has 5 nitrogen and oxygen atoms in total. The quantitative estimate of drug-likeness (QED) is 0.875. The number of imidazole rings is 1. The molecule has 2 aromatic rings. The Labute approximate surface area is 140 Å². The number of nitrogens with zero attached hydrogens (tertiary/aromatic N) is 2. The predicted molar refractivity (Wildman–Crippen MR) is 88.5 cm³/mol. The van der Waals surface area contributed by atoms with E-state index in [1.807, 2.05) is 7.05 Å². The molecule has 0 saturated carbocycles. The van der Waals surface area contributed by atoms with Gasteiger partial charge in [-0.2, -0.15) is 0 Å². The Morgan fingerprint density at radius 2 is 2.05 bits per heavy atom.